The number of benzene rings is 1. The lowest BCUT2D eigenvalue weighted by atomic mass is 9.85. The molecule has 1 atom stereocenters. The van der Waals surface area contributed by atoms with Gasteiger partial charge in [-0.3, -0.25) is 9.79 Å². The first-order valence-corrected chi connectivity index (χ1v) is 10.1. The molecule has 0 radical (unpaired) electrons. The van der Waals surface area contributed by atoms with Crippen LogP contribution in [0.4, 0.5) is 18.9 Å². The molecule has 0 bridgehead atoms. The molecule has 9 heteroatoms. The Labute approximate surface area is 183 Å². The number of hydrogen-bond donors (Lipinski definition) is 2. The van der Waals surface area contributed by atoms with Crippen LogP contribution < -0.4 is 11.1 Å². The highest BCUT2D eigenvalue weighted by atomic mass is 19.3. The molecule has 0 spiro atoms. The highest BCUT2D eigenvalue weighted by molar-refractivity contribution is 6.02. The summed E-state index contributed by atoms with van der Waals surface area (Å²) in [5.41, 5.74) is 3.84. The van der Waals surface area contributed by atoms with E-state index in [1.165, 1.54) is 18.3 Å². The predicted molar refractivity (Wildman–Crippen MR) is 113 cm³/mol. The fraction of sp³-hybridized carbons (Fsp3) is 0.348. The maximum atomic E-state index is 14.8. The van der Waals surface area contributed by atoms with E-state index in [4.69, 9.17) is 10.5 Å². The van der Waals surface area contributed by atoms with Crippen molar-refractivity contribution in [3.8, 4) is 11.8 Å². The number of nitrogens with one attached hydrogen (secondary N) is 1. The van der Waals surface area contributed by atoms with E-state index in [1.807, 2.05) is 0 Å². The Morgan fingerprint density at radius 3 is 2.75 bits per heavy atom. The molecule has 4 rings (SSSR count). The van der Waals surface area contributed by atoms with Crippen LogP contribution in [0.15, 0.2) is 41.5 Å². The summed E-state index contributed by atoms with van der Waals surface area (Å²) in [5, 5.41) is 2.56. The Bertz CT molecular complexity index is 1130. The lowest BCUT2D eigenvalue weighted by Gasteiger charge is -2.33. The summed E-state index contributed by atoms with van der Waals surface area (Å²) in [4.78, 5) is 20.5. The van der Waals surface area contributed by atoms with Crippen molar-refractivity contribution in [2.45, 2.75) is 31.2 Å². The fourth-order valence-electron chi connectivity index (χ4n) is 3.27. The van der Waals surface area contributed by atoms with E-state index in [0.29, 0.717) is 11.5 Å². The predicted octanol–water partition coefficient (Wildman–Crippen LogP) is 3.47. The van der Waals surface area contributed by atoms with Gasteiger partial charge in [-0.15, -0.1) is 0 Å². The highest BCUT2D eigenvalue weighted by Gasteiger charge is 2.54. The van der Waals surface area contributed by atoms with Gasteiger partial charge in [0, 0.05) is 28.9 Å². The number of aliphatic imine (C=N–C) groups is 1. The number of amides is 1. The van der Waals surface area contributed by atoms with Gasteiger partial charge in [-0.2, -0.15) is 0 Å². The van der Waals surface area contributed by atoms with Gasteiger partial charge in [-0.1, -0.05) is 11.8 Å². The molecular formula is C23H21F3N4O2. The third kappa shape index (κ3) is 4.46. The number of anilines is 1. The molecule has 32 heavy (non-hydrogen) atoms. The Morgan fingerprint density at radius 2 is 2.06 bits per heavy atom. The smallest absolute Gasteiger partial charge is 0.299 e. The first kappa shape index (κ1) is 21.8. The molecule has 3 N–H and O–H groups in total. The molecule has 1 saturated carbocycles. The number of halogens is 3. The summed E-state index contributed by atoms with van der Waals surface area (Å²) in [7, 11) is 0. The van der Waals surface area contributed by atoms with Gasteiger partial charge in [0.15, 0.2) is 5.54 Å². The molecule has 6 nitrogen and oxygen atoms in total. The van der Waals surface area contributed by atoms with Crippen LogP contribution in [0.2, 0.25) is 0 Å². The number of hydrogen-bond acceptors (Lipinski definition) is 5. The van der Waals surface area contributed by atoms with Crippen molar-refractivity contribution in [1.82, 2.24) is 4.98 Å². The second kappa shape index (κ2) is 8.28. The molecule has 0 saturated heterocycles. The minimum atomic E-state index is -3.53. The highest BCUT2D eigenvalue weighted by Crippen LogP contribution is 2.44. The minimum absolute atomic E-state index is 0.106. The molecule has 2 aliphatic rings. The second-order valence-corrected chi connectivity index (χ2v) is 8.00. The molecule has 166 valence electrons. The summed E-state index contributed by atoms with van der Waals surface area (Å²) in [6.45, 7) is -0.166. The van der Waals surface area contributed by atoms with Crippen molar-refractivity contribution < 1.29 is 22.7 Å². The summed E-state index contributed by atoms with van der Waals surface area (Å²) in [5.74, 6) is 1.37. The van der Waals surface area contributed by atoms with Gasteiger partial charge in [0.1, 0.15) is 30.6 Å². The van der Waals surface area contributed by atoms with Crippen LogP contribution in [0, 0.1) is 23.6 Å². The summed E-state index contributed by atoms with van der Waals surface area (Å²) in [6.07, 6.45) is 3.71. The van der Waals surface area contributed by atoms with Crippen molar-refractivity contribution in [3.05, 3.63) is 59.2 Å². The Morgan fingerprint density at radius 1 is 1.28 bits per heavy atom. The van der Waals surface area contributed by atoms with Gasteiger partial charge in [-0.05, 0) is 50.1 Å². The van der Waals surface area contributed by atoms with Crippen molar-refractivity contribution in [2.75, 3.05) is 18.5 Å². The number of aromatic nitrogens is 1. The number of rotatable bonds is 3. The average Bonchev–Trinajstić information content (AvgIpc) is 3.58. The quantitative estimate of drug-likeness (QED) is 0.713. The molecule has 1 aromatic carbocycles. The van der Waals surface area contributed by atoms with E-state index < -0.39 is 35.4 Å². The molecule has 1 aliphatic carbocycles. The molecular weight excluding hydrogens is 421 g/mol. The van der Waals surface area contributed by atoms with Gasteiger partial charge in [0.05, 0.1) is 0 Å². The van der Waals surface area contributed by atoms with Crippen molar-refractivity contribution in [3.63, 3.8) is 0 Å². The van der Waals surface area contributed by atoms with E-state index in [0.717, 1.165) is 31.9 Å². The molecule has 1 aromatic heterocycles. The molecule has 2 heterocycles. The van der Waals surface area contributed by atoms with Crippen LogP contribution >= 0.6 is 0 Å². The standard InChI is InChI=1S/C23H21F3N4O2/c1-22(23(25,26)13-32-12-20(27)30-22)17-10-16(7-8-18(17)24)29-21(31)19-9-6-15(11-28-19)5-4-14-2-3-14/h6-11,14H,2-3,12-13H2,1H3,(H2,27,30)(H,29,31)/t22-/m1/s1. The maximum Gasteiger partial charge on any atom is 0.299 e. The van der Waals surface area contributed by atoms with Crippen LogP contribution in [0.25, 0.3) is 0 Å². The number of alkyl halides is 2. The van der Waals surface area contributed by atoms with E-state index in [2.05, 4.69) is 27.1 Å². The third-order valence-corrected chi connectivity index (χ3v) is 5.36. The number of ether oxygens (including phenoxy) is 1. The molecule has 2 aromatic rings. The van der Waals surface area contributed by atoms with Gasteiger partial charge < -0.3 is 15.8 Å². The van der Waals surface area contributed by atoms with Crippen LogP contribution in [-0.2, 0) is 10.3 Å². The first-order valence-electron chi connectivity index (χ1n) is 10.1. The van der Waals surface area contributed by atoms with Crippen LogP contribution in [-0.4, -0.2) is 35.9 Å². The number of nitrogens with two attached hydrogens (primary N) is 1. The number of nitrogens with zero attached hydrogens (tertiary/aromatic N) is 2. The monoisotopic (exact) mass is 442 g/mol. The average molecular weight is 442 g/mol. The Balaban J connectivity index is 1.58. The van der Waals surface area contributed by atoms with Crippen molar-refractivity contribution >= 4 is 17.4 Å². The van der Waals surface area contributed by atoms with Gasteiger partial charge in [-0.25, -0.2) is 18.2 Å². The van der Waals surface area contributed by atoms with Gasteiger partial charge >= 0.3 is 0 Å². The summed E-state index contributed by atoms with van der Waals surface area (Å²) >= 11 is 0. The van der Waals surface area contributed by atoms with Crippen LogP contribution in [0.1, 0.15) is 41.4 Å². The van der Waals surface area contributed by atoms with Crippen molar-refractivity contribution in [1.29, 1.82) is 0 Å². The SMILES string of the molecule is C[C@]1(c2cc(NC(=O)c3ccc(C#CC4CC4)cn3)ccc2F)N=C(N)COCC1(F)F. The van der Waals surface area contributed by atoms with E-state index in [1.54, 1.807) is 6.07 Å². The summed E-state index contributed by atoms with van der Waals surface area (Å²) in [6, 6.07) is 6.58. The number of pyridine rings is 1. The number of carbonyl (C=O) groups excluding carboxylic acids is 1. The van der Waals surface area contributed by atoms with Crippen LogP contribution in [0.5, 0.6) is 0 Å². The van der Waals surface area contributed by atoms with Gasteiger partial charge in [0.2, 0.25) is 0 Å². The fourth-order valence-corrected chi connectivity index (χ4v) is 3.27. The lowest BCUT2D eigenvalue weighted by Crippen LogP contribution is -2.45. The zero-order valence-corrected chi connectivity index (χ0v) is 17.3. The zero-order chi connectivity index (χ0) is 22.9. The molecule has 1 fully saturated rings. The zero-order valence-electron chi connectivity index (χ0n) is 17.3. The first-order chi connectivity index (χ1) is 15.2. The topological polar surface area (TPSA) is 89.6 Å². The Hall–Kier alpha value is -3.38. The second-order valence-electron chi connectivity index (χ2n) is 8.00. The number of amidine groups is 1. The van der Waals surface area contributed by atoms with E-state index in [9.17, 15) is 18.0 Å². The maximum absolute atomic E-state index is 14.8. The number of carbonyl (C=O) groups is 1. The third-order valence-electron chi connectivity index (χ3n) is 5.36. The summed E-state index contributed by atoms with van der Waals surface area (Å²) < 4.78 is 49.1. The molecule has 1 aliphatic heterocycles. The van der Waals surface area contributed by atoms with E-state index in [-0.39, 0.29) is 23.8 Å². The normalized spacial score (nSPS) is 22.2. The van der Waals surface area contributed by atoms with Gasteiger partial charge in [0.25, 0.3) is 11.8 Å². The van der Waals surface area contributed by atoms with E-state index >= 15 is 0 Å². The largest absolute Gasteiger partial charge is 0.385 e. The minimum Gasteiger partial charge on any atom is -0.385 e. The van der Waals surface area contributed by atoms with Crippen LogP contribution in [0.3, 0.4) is 0 Å². The van der Waals surface area contributed by atoms with Crippen molar-refractivity contribution in [2.24, 2.45) is 16.6 Å². The molecule has 1 amide bonds. The molecule has 0 unspecified atom stereocenters. The lowest BCUT2D eigenvalue weighted by molar-refractivity contribution is -0.116. The Kier molecular flexibility index (Phi) is 5.65.